The summed E-state index contributed by atoms with van der Waals surface area (Å²) in [4.78, 5) is 24.6. The Bertz CT molecular complexity index is 427. The number of benzene rings is 1. The molecule has 1 aliphatic heterocycles. The standard InChI is InChI=1S/C15H19NO2/c1-12(13-5-3-2-4-6-13)7-9-16-10-8-14(17)11-15(16)18/h2-6,12H,7-11H2,1H3. The van der Waals surface area contributed by atoms with Crippen molar-refractivity contribution in [3.05, 3.63) is 35.9 Å². The quantitative estimate of drug-likeness (QED) is 0.764. The smallest absolute Gasteiger partial charge is 0.230 e. The Morgan fingerprint density at radius 3 is 2.61 bits per heavy atom. The molecule has 1 atom stereocenters. The average Bonchev–Trinajstić information content (AvgIpc) is 2.38. The van der Waals surface area contributed by atoms with E-state index in [0.717, 1.165) is 13.0 Å². The Hall–Kier alpha value is -1.64. The highest BCUT2D eigenvalue weighted by Crippen LogP contribution is 2.19. The van der Waals surface area contributed by atoms with E-state index in [4.69, 9.17) is 0 Å². The number of carbonyl (C=O) groups excluding carboxylic acids is 2. The van der Waals surface area contributed by atoms with Crippen LogP contribution in [-0.4, -0.2) is 29.7 Å². The number of likely N-dealkylation sites (tertiary alicyclic amines) is 1. The van der Waals surface area contributed by atoms with Crippen LogP contribution in [0.5, 0.6) is 0 Å². The summed E-state index contributed by atoms with van der Waals surface area (Å²) in [7, 11) is 0. The van der Waals surface area contributed by atoms with Gasteiger partial charge < -0.3 is 4.90 Å². The largest absolute Gasteiger partial charge is 0.342 e. The van der Waals surface area contributed by atoms with Gasteiger partial charge in [0, 0.05) is 19.5 Å². The zero-order valence-corrected chi connectivity index (χ0v) is 10.8. The van der Waals surface area contributed by atoms with Crippen LogP contribution in [-0.2, 0) is 9.59 Å². The third-order valence-electron chi connectivity index (χ3n) is 3.56. The lowest BCUT2D eigenvalue weighted by atomic mass is 9.97. The van der Waals surface area contributed by atoms with Gasteiger partial charge in [0.25, 0.3) is 0 Å². The van der Waals surface area contributed by atoms with Crippen molar-refractivity contribution in [1.82, 2.24) is 4.90 Å². The number of nitrogens with zero attached hydrogens (tertiary/aromatic N) is 1. The van der Waals surface area contributed by atoms with Crippen LogP contribution in [0.2, 0.25) is 0 Å². The van der Waals surface area contributed by atoms with E-state index in [2.05, 4.69) is 19.1 Å². The zero-order valence-electron chi connectivity index (χ0n) is 10.8. The minimum absolute atomic E-state index is 0.00786. The van der Waals surface area contributed by atoms with Crippen LogP contribution in [0.1, 0.15) is 37.7 Å². The fourth-order valence-electron chi connectivity index (χ4n) is 2.29. The molecule has 0 spiro atoms. The SMILES string of the molecule is CC(CCN1CCC(=O)CC1=O)c1ccccc1. The maximum atomic E-state index is 11.7. The van der Waals surface area contributed by atoms with Crippen molar-refractivity contribution < 1.29 is 9.59 Å². The van der Waals surface area contributed by atoms with Crippen LogP contribution < -0.4 is 0 Å². The Morgan fingerprint density at radius 1 is 1.22 bits per heavy atom. The highest BCUT2D eigenvalue weighted by Gasteiger charge is 2.23. The lowest BCUT2D eigenvalue weighted by Crippen LogP contribution is -2.39. The number of rotatable bonds is 4. The van der Waals surface area contributed by atoms with Crippen molar-refractivity contribution in [2.45, 2.75) is 32.1 Å². The number of ketones is 1. The topological polar surface area (TPSA) is 37.4 Å². The number of Topliss-reactive ketones (excluding diaryl/α,β-unsaturated/α-hetero) is 1. The normalized spacial score (nSPS) is 17.9. The molecule has 0 bridgehead atoms. The van der Waals surface area contributed by atoms with Gasteiger partial charge in [-0.3, -0.25) is 9.59 Å². The van der Waals surface area contributed by atoms with Gasteiger partial charge in [0.15, 0.2) is 0 Å². The molecule has 0 N–H and O–H groups in total. The van der Waals surface area contributed by atoms with Crippen molar-refractivity contribution in [3.63, 3.8) is 0 Å². The monoisotopic (exact) mass is 245 g/mol. The van der Waals surface area contributed by atoms with Gasteiger partial charge in [0.05, 0.1) is 6.42 Å². The van der Waals surface area contributed by atoms with Gasteiger partial charge in [-0.2, -0.15) is 0 Å². The Labute approximate surface area is 108 Å². The van der Waals surface area contributed by atoms with Crippen LogP contribution in [0.4, 0.5) is 0 Å². The first-order valence-electron chi connectivity index (χ1n) is 6.51. The number of amides is 1. The van der Waals surface area contributed by atoms with Crippen LogP contribution in [0.15, 0.2) is 30.3 Å². The van der Waals surface area contributed by atoms with E-state index >= 15 is 0 Å². The van der Waals surface area contributed by atoms with Crippen molar-refractivity contribution in [1.29, 1.82) is 0 Å². The Morgan fingerprint density at radius 2 is 1.94 bits per heavy atom. The lowest BCUT2D eigenvalue weighted by Gasteiger charge is -2.27. The molecule has 96 valence electrons. The second-order valence-electron chi connectivity index (χ2n) is 4.95. The molecular weight excluding hydrogens is 226 g/mol. The summed E-state index contributed by atoms with van der Waals surface area (Å²) < 4.78 is 0. The van der Waals surface area contributed by atoms with E-state index in [9.17, 15) is 9.59 Å². The van der Waals surface area contributed by atoms with E-state index in [1.54, 1.807) is 0 Å². The molecule has 1 aliphatic rings. The number of piperidine rings is 1. The molecule has 18 heavy (non-hydrogen) atoms. The van der Waals surface area contributed by atoms with Crippen molar-refractivity contribution >= 4 is 11.7 Å². The van der Waals surface area contributed by atoms with E-state index in [1.807, 2.05) is 23.1 Å². The minimum atomic E-state index is -0.00786. The van der Waals surface area contributed by atoms with Gasteiger partial charge in [0.2, 0.25) is 5.91 Å². The summed E-state index contributed by atoms with van der Waals surface area (Å²) >= 11 is 0. The summed E-state index contributed by atoms with van der Waals surface area (Å²) in [5.41, 5.74) is 1.30. The molecule has 1 unspecified atom stereocenters. The third kappa shape index (κ3) is 3.19. The summed E-state index contributed by atoms with van der Waals surface area (Å²) in [5, 5.41) is 0. The molecule has 1 fully saturated rings. The van der Waals surface area contributed by atoms with Gasteiger partial charge >= 0.3 is 0 Å². The van der Waals surface area contributed by atoms with E-state index in [-0.39, 0.29) is 18.1 Å². The summed E-state index contributed by atoms with van der Waals surface area (Å²) in [6.07, 6.45) is 1.56. The maximum absolute atomic E-state index is 11.7. The Balaban J connectivity index is 1.85. The summed E-state index contributed by atoms with van der Waals surface area (Å²) in [6, 6.07) is 10.3. The number of carbonyl (C=O) groups is 2. The predicted octanol–water partition coefficient (Wildman–Crippen LogP) is 2.37. The van der Waals surface area contributed by atoms with Crippen molar-refractivity contribution in [2.24, 2.45) is 0 Å². The average molecular weight is 245 g/mol. The van der Waals surface area contributed by atoms with E-state index in [0.29, 0.717) is 18.9 Å². The van der Waals surface area contributed by atoms with Crippen LogP contribution in [0.25, 0.3) is 0 Å². The van der Waals surface area contributed by atoms with Crippen molar-refractivity contribution in [3.8, 4) is 0 Å². The van der Waals surface area contributed by atoms with Crippen LogP contribution >= 0.6 is 0 Å². The van der Waals surface area contributed by atoms with Crippen molar-refractivity contribution in [2.75, 3.05) is 13.1 Å². The highest BCUT2D eigenvalue weighted by atomic mass is 16.2. The molecule has 3 heteroatoms. The molecule has 2 rings (SSSR count). The zero-order chi connectivity index (χ0) is 13.0. The molecule has 0 radical (unpaired) electrons. The molecule has 1 aromatic rings. The molecule has 0 aromatic heterocycles. The van der Waals surface area contributed by atoms with E-state index in [1.165, 1.54) is 5.56 Å². The molecule has 1 saturated heterocycles. The molecule has 0 saturated carbocycles. The van der Waals surface area contributed by atoms with Gasteiger partial charge in [-0.05, 0) is 17.9 Å². The van der Waals surface area contributed by atoms with Crippen LogP contribution in [0, 0.1) is 0 Å². The number of hydrogen-bond acceptors (Lipinski definition) is 2. The second kappa shape index (κ2) is 5.80. The van der Waals surface area contributed by atoms with Gasteiger partial charge in [-0.15, -0.1) is 0 Å². The third-order valence-corrected chi connectivity index (χ3v) is 3.56. The van der Waals surface area contributed by atoms with Gasteiger partial charge in [0.1, 0.15) is 5.78 Å². The summed E-state index contributed by atoms with van der Waals surface area (Å²) in [5.74, 6) is 0.510. The number of hydrogen-bond donors (Lipinski definition) is 0. The molecule has 0 aliphatic carbocycles. The van der Waals surface area contributed by atoms with E-state index < -0.39 is 0 Å². The first kappa shape index (κ1) is 12.8. The lowest BCUT2D eigenvalue weighted by molar-refractivity contribution is -0.139. The summed E-state index contributed by atoms with van der Waals surface area (Å²) in [6.45, 7) is 3.52. The molecular formula is C15H19NO2. The minimum Gasteiger partial charge on any atom is -0.342 e. The second-order valence-corrected chi connectivity index (χ2v) is 4.95. The fourth-order valence-corrected chi connectivity index (χ4v) is 2.29. The first-order chi connectivity index (χ1) is 8.66. The predicted molar refractivity (Wildman–Crippen MR) is 70.3 cm³/mol. The molecule has 1 aromatic carbocycles. The van der Waals surface area contributed by atoms with Gasteiger partial charge in [-0.25, -0.2) is 0 Å². The molecule has 1 amide bonds. The highest BCUT2D eigenvalue weighted by molar-refractivity contribution is 6.00. The maximum Gasteiger partial charge on any atom is 0.230 e. The van der Waals surface area contributed by atoms with Gasteiger partial charge in [-0.1, -0.05) is 37.3 Å². The molecule has 1 heterocycles. The Kier molecular flexibility index (Phi) is 4.13. The van der Waals surface area contributed by atoms with Crippen LogP contribution in [0.3, 0.4) is 0 Å². The first-order valence-corrected chi connectivity index (χ1v) is 6.51. The fraction of sp³-hybridized carbons (Fsp3) is 0.467. The molecule has 3 nitrogen and oxygen atoms in total.